The summed E-state index contributed by atoms with van der Waals surface area (Å²) in [7, 11) is 1.54. The van der Waals surface area contributed by atoms with Crippen molar-refractivity contribution in [2.24, 2.45) is 11.1 Å². The second-order valence-corrected chi connectivity index (χ2v) is 3.16. The van der Waals surface area contributed by atoms with Crippen LogP contribution in [0.25, 0.3) is 0 Å². The summed E-state index contributed by atoms with van der Waals surface area (Å²) in [5, 5.41) is 12.6. The van der Waals surface area contributed by atoms with Crippen LogP contribution in [-0.4, -0.2) is 12.8 Å². The molecule has 0 saturated carbocycles. The smallest absolute Gasteiger partial charge is 0.106 e. The van der Waals surface area contributed by atoms with Gasteiger partial charge in [-0.05, 0) is 26.2 Å². The van der Waals surface area contributed by atoms with E-state index in [-0.39, 0.29) is 5.92 Å². The van der Waals surface area contributed by atoms with E-state index < -0.39 is 0 Å². The Labute approximate surface area is 80.4 Å². The highest BCUT2D eigenvalue weighted by atomic mass is 16.6. The SMILES string of the molecule is CCCC(C#N)CC/C(C)=N/OC. The number of hydrogen-bond acceptors (Lipinski definition) is 3. The minimum absolute atomic E-state index is 0.173. The molecule has 0 aromatic heterocycles. The van der Waals surface area contributed by atoms with Crippen LogP contribution in [0.1, 0.15) is 39.5 Å². The molecule has 3 nitrogen and oxygen atoms in total. The Morgan fingerprint density at radius 3 is 2.69 bits per heavy atom. The molecule has 0 heterocycles. The van der Waals surface area contributed by atoms with Crippen LogP contribution in [0.15, 0.2) is 5.16 Å². The van der Waals surface area contributed by atoms with Crippen molar-refractivity contribution in [2.75, 3.05) is 7.11 Å². The minimum Gasteiger partial charge on any atom is -0.399 e. The van der Waals surface area contributed by atoms with Crippen molar-refractivity contribution in [3.05, 3.63) is 0 Å². The van der Waals surface area contributed by atoms with E-state index in [0.29, 0.717) is 0 Å². The molecule has 74 valence electrons. The van der Waals surface area contributed by atoms with Gasteiger partial charge in [-0.1, -0.05) is 18.5 Å². The Hall–Kier alpha value is -1.04. The van der Waals surface area contributed by atoms with Crippen molar-refractivity contribution in [3.8, 4) is 6.07 Å². The van der Waals surface area contributed by atoms with Crippen molar-refractivity contribution >= 4 is 5.71 Å². The van der Waals surface area contributed by atoms with E-state index in [1.807, 2.05) is 6.92 Å². The van der Waals surface area contributed by atoms with Gasteiger partial charge in [0.05, 0.1) is 11.8 Å². The highest BCUT2D eigenvalue weighted by molar-refractivity contribution is 5.81. The number of nitriles is 1. The summed E-state index contributed by atoms with van der Waals surface area (Å²) in [6.45, 7) is 4.02. The maximum absolute atomic E-state index is 8.78. The molecule has 0 fully saturated rings. The molecular weight excluding hydrogens is 164 g/mol. The Morgan fingerprint density at radius 1 is 1.54 bits per heavy atom. The van der Waals surface area contributed by atoms with E-state index in [9.17, 15) is 0 Å². The molecule has 0 aliphatic heterocycles. The van der Waals surface area contributed by atoms with Crippen molar-refractivity contribution < 1.29 is 4.84 Å². The summed E-state index contributed by atoms with van der Waals surface area (Å²) in [6.07, 6.45) is 3.80. The van der Waals surface area contributed by atoms with Crippen LogP contribution >= 0.6 is 0 Å². The van der Waals surface area contributed by atoms with Gasteiger partial charge in [-0.2, -0.15) is 5.26 Å². The third-order valence-corrected chi connectivity index (χ3v) is 1.92. The summed E-state index contributed by atoms with van der Waals surface area (Å²) in [5.74, 6) is 0.173. The van der Waals surface area contributed by atoms with E-state index in [0.717, 1.165) is 31.4 Å². The first-order valence-electron chi connectivity index (χ1n) is 4.70. The van der Waals surface area contributed by atoms with Crippen LogP contribution in [-0.2, 0) is 4.84 Å². The summed E-state index contributed by atoms with van der Waals surface area (Å²) in [6, 6.07) is 2.30. The van der Waals surface area contributed by atoms with Gasteiger partial charge in [-0.3, -0.25) is 0 Å². The summed E-state index contributed by atoms with van der Waals surface area (Å²) >= 11 is 0. The summed E-state index contributed by atoms with van der Waals surface area (Å²) in [5.41, 5.74) is 0.957. The Bertz CT molecular complexity index is 194. The predicted molar refractivity (Wildman–Crippen MR) is 53.4 cm³/mol. The Morgan fingerprint density at radius 2 is 2.23 bits per heavy atom. The molecule has 0 aliphatic carbocycles. The molecule has 0 radical (unpaired) electrons. The summed E-state index contributed by atoms with van der Waals surface area (Å²) in [4.78, 5) is 4.63. The van der Waals surface area contributed by atoms with Gasteiger partial charge >= 0.3 is 0 Å². The predicted octanol–water partition coefficient (Wildman–Crippen LogP) is 2.73. The van der Waals surface area contributed by atoms with E-state index >= 15 is 0 Å². The van der Waals surface area contributed by atoms with Crippen molar-refractivity contribution in [2.45, 2.75) is 39.5 Å². The van der Waals surface area contributed by atoms with Gasteiger partial charge < -0.3 is 4.84 Å². The third kappa shape index (κ3) is 6.15. The molecule has 0 rings (SSSR count). The van der Waals surface area contributed by atoms with Crippen LogP contribution < -0.4 is 0 Å². The second kappa shape index (κ2) is 7.60. The lowest BCUT2D eigenvalue weighted by molar-refractivity contribution is 0.212. The van der Waals surface area contributed by atoms with E-state index in [1.165, 1.54) is 7.11 Å². The molecule has 0 saturated heterocycles. The molecule has 1 atom stereocenters. The van der Waals surface area contributed by atoms with Gasteiger partial charge in [0.2, 0.25) is 0 Å². The third-order valence-electron chi connectivity index (χ3n) is 1.92. The molecular formula is C10H18N2O. The molecule has 0 N–H and O–H groups in total. The largest absolute Gasteiger partial charge is 0.399 e. The number of hydrogen-bond donors (Lipinski definition) is 0. The number of oxime groups is 1. The fraction of sp³-hybridized carbons (Fsp3) is 0.800. The lowest BCUT2D eigenvalue weighted by Gasteiger charge is -2.05. The Kier molecular flexibility index (Phi) is 6.99. The Balaban J connectivity index is 3.73. The van der Waals surface area contributed by atoms with Gasteiger partial charge in [0.1, 0.15) is 7.11 Å². The number of rotatable bonds is 6. The fourth-order valence-corrected chi connectivity index (χ4v) is 1.21. The molecule has 0 spiro atoms. The standard InChI is InChI=1S/C10H18N2O/c1-4-5-10(8-11)7-6-9(2)12-13-3/h10H,4-7H2,1-3H3/b12-9+. The van der Waals surface area contributed by atoms with Gasteiger partial charge in [0.25, 0.3) is 0 Å². The lowest BCUT2D eigenvalue weighted by atomic mass is 9.98. The molecule has 1 unspecified atom stereocenters. The normalized spacial score (nSPS) is 13.5. The maximum Gasteiger partial charge on any atom is 0.106 e. The van der Waals surface area contributed by atoms with Crippen molar-refractivity contribution in [3.63, 3.8) is 0 Å². The highest BCUT2D eigenvalue weighted by Gasteiger charge is 2.06. The highest BCUT2D eigenvalue weighted by Crippen LogP contribution is 2.12. The van der Waals surface area contributed by atoms with Crippen LogP contribution in [0.4, 0.5) is 0 Å². The monoisotopic (exact) mass is 182 g/mol. The molecule has 0 aliphatic rings. The van der Waals surface area contributed by atoms with Crippen LogP contribution in [0.3, 0.4) is 0 Å². The zero-order valence-electron chi connectivity index (χ0n) is 8.71. The van der Waals surface area contributed by atoms with Crippen molar-refractivity contribution in [1.29, 1.82) is 5.26 Å². The lowest BCUT2D eigenvalue weighted by Crippen LogP contribution is -2.01. The first kappa shape index (κ1) is 12.0. The van der Waals surface area contributed by atoms with Crippen LogP contribution in [0, 0.1) is 17.2 Å². The molecule has 0 aromatic carbocycles. The minimum atomic E-state index is 0.173. The first-order chi connectivity index (χ1) is 6.24. The molecule has 0 bridgehead atoms. The molecule has 3 heteroatoms. The van der Waals surface area contributed by atoms with Gasteiger partial charge in [-0.25, -0.2) is 0 Å². The average molecular weight is 182 g/mol. The molecule has 13 heavy (non-hydrogen) atoms. The second-order valence-electron chi connectivity index (χ2n) is 3.16. The van der Waals surface area contributed by atoms with E-state index in [1.54, 1.807) is 0 Å². The van der Waals surface area contributed by atoms with Gasteiger partial charge in [-0.15, -0.1) is 0 Å². The fourth-order valence-electron chi connectivity index (χ4n) is 1.21. The van der Waals surface area contributed by atoms with E-state index in [2.05, 4.69) is 23.0 Å². The zero-order chi connectivity index (χ0) is 10.1. The molecule has 0 amide bonds. The average Bonchev–Trinajstić information content (AvgIpc) is 2.12. The molecule has 0 aromatic rings. The zero-order valence-corrected chi connectivity index (χ0v) is 8.71. The number of nitrogens with zero attached hydrogens (tertiary/aromatic N) is 2. The van der Waals surface area contributed by atoms with Crippen molar-refractivity contribution in [1.82, 2.24) is 0 Å². The first-order valence-corrected chi connectivity index (χ1v) is 4.70. The van der Waals surface area contributed by atoms with Gasteiger partial charge in [0, 0.05) is 5.92 Å². The summed E-state index contributed by atoms with van der Waals surface area (Å²) < 4.78 is 0. The van der Waals surface area contributed by atoms with Crippen LogP contribution in [0.5, 0.6) is 0 Å². The topological polar surface area (TPSA) is 45.4 Å². The quantitative estimate of drug-likeness (QED) is 0.468. The van der Waals surface area contributed by atoms with Gasteiger partial charge in [0.15, 0.2) is 0 Å². The maximum atomic E-state index is 8.78. The van der Waals surface area contributed by atoms with Crippen LogP contribution in [0.2, 0.25) is 0 Å². The van der Waals surface area contributed by atoms with E-state index in [4.69, 9.17) is 5.26 Å².